The molecule has 1 aliphatic heterocycles. The Bertz CT molecular complexity index is 832. The number of amides is 2. The van der Waals surface area contributed by atoms with Gasteiger partial charge >= 0.3 is 0 Å². The van der Waals surface area contributed by atoms with E-state index >= 15 is 0 Å². The van der Waals surface area contributed by atoms with Gasteiger partial charge in [-0.25, -0.2) is 4.39 Å². The molecule has 1 aliphatic rings. The van der Waals surface area contributed by atoms with E-state index in [0.29, 0.717) is 31.1 Å². The highest BCUT2D eigenvalue weighted by atomic mass is 35.5. The molecule has 1 fully saturated rings. The number of benzene rings is 1. The summed E-state index contributed by atoms with van der Waals surface area (Å²) in [6.07, 6.45) is 0. The molecule has 132 valence electrons. The molecule has 2 aromatic rings. The van der Waals surface area contributed by atoms with Gasteiger partial charge in [0.15, 0.2) is 0 Å². The minimum Gasteiger partial charge on any atom is -0.335 e. The third kappa shape index (κ3) is 3.81. The van der Waals surface area contributed by atoms with Crippen LogP contribution in [-0.4, -0.2) is 47.8 Å². The SMILES string of the molecule is Cc1ccc(C(=O)N2CCN(C(=O)c3cc(F)c(Cl)cc3Cl)CC2)s1. The van der Waals surface area contributed by atoms with Crippen molar-refractivity contribution in [3.63, 3.8) is 0 Å². The number of nitrogens with zero attached hydrogens (tertiary/aromatic N) is 2. The van der Waals surface area contributed by atoms with Gasteiger partial charge in [-0.05, 0) is 31.2 Å². The highest BCUT2D eigenvalue weighted by Gasteiger charge is 2.27. The maximum absolute atomic E-state index is 13.6. The first-order valence-electron chi connectivity index (χ1n) is 7.66. The number of aryl methyl sites for hydroxylation is 1. The van der Waals surface area contributed by atoms with Gasteiger partial charge in [0.2, 0.25) is 0 Å². The van der Waals surface area contributed by atoms with Gasteiger partial charge in [0.25, 0.3) is 11.8 Å². The standard InChI is InChI=1S/C17H15Cl2FN2O2S/c1-10-2-3-15(25-10)17(24)22-6-4-21(5-7-22)16(23)11-8-14(20)13(19)9-12(11)18/h2-3,8-9H,4-7H2,1H3. The summed E-state index contributed by atoms with van der Waals surface area (Å²) >= 11 is 13.1. The monoisotopic (exact) mass is 400 g/mol. The van der Waals surface area contributed by atoms with Gasteiger partial charge in [-0.15, -0.1) is 11.3 Å². The number of piperazine rings is 1. The van der Waals surface area contributed by atoms with Crippen LogP contribution in [0.5, 0.6) is 0 Å². The Morgan fingerprint density at radius 1 is 1.00 bits per heavy atom. The number of halogens is 3. The summed E-state index contributed by atoms with van der Waals surface area (Å²) in [6.45, 7) is 3.54. The molecule has 0 N–H and O–H groups in total. The van der Waals surface area contributed by atoms with E-state index in [9.17, 15) is 14.0 Å². The maximum Gasteiger partial charge on any atom is 0.264 e. The fraction of sp³-hybridized carbons (Fsp3) is 0.294. The summed E-state index contributed by atoms with van der Waals surface area (Å²) in [5.41, 5.74) is 0.0808. The van der Waals surface area contributed by atoms with Crippen LogP contribution in [0.15, 0.2) is 24.3 Å². The molecule has 0 aliphatic carbocycles. The van der Waals surface area contributed by atoms with E-state index in [0.717, 1.165) is 10.9 Å². The van der Waals surface area contributed by atoms with Crippen molar-refractivity contribution in [2.45, 2.75) is 6.92 Å². The van der Waals surface area contributed by atoms with E-state index in [-0.39, 0.29) is 27.4 Å². The van der Waals surface area contributed by atoms with E-state index in [4.69, 9.17) is 23.2 Å². The molecule has 1 aromatic carbocycles. The van der Waals surface area contributed by atoms with Crippen LogP contribution >= 0.6 is 34.5 Å². The molecule has 0 radical (unpaired) electrons. The number of thiophene rings is 1. The van der Waals surface area contributed by atoms with Gasteiger partial charge < -0.3 is 9.80 Å². The largest absolute Gasteiger partial charge is 0.335 e. The van der Waals surface area contributed by atoms with Crippen molar-refractivity contribution in [1.29, 1.82) is 0 Å². The molecule has 1 aromatic heterocycles. The summed E-state index contributed by atoms with van der Waals surface area (Å²) in [4.78, 5) is 30.1. The van der Waals surface area contributed by atoms with E-state index in [1.54, 1.807) is 9.80 Å². The zero-order chi connectivity index (χ0) is 18.1. The molecule has 0 unspecified atom stereocenters. The molecule has 0 spiro atoms. The lowest BCUT2D eigenvalue weighted by Gasteiger charge is -2.34. The van der Waals surface area contributed by atoms with Crippen molar-refractivity contribution in [3.05, 3.63) is 55.4 Å². The van der Waals surface area contributed by atoms with Crippen LogP contribution in [-0.2, 0) is 0 Å². The van der Waals surface area contributed by atoms with Gasteiger partial charge in [0, 0.05) is 31.1 Å². The molecule has 1 saturated heterocycles. The third-order valence-electron chi connectivity index (χ3n) is 4.05. The second-order valence-electron chi connectivity index (χ2n) is 5.74. The van der Waals surface area contributed by atoms with Gasteiger partial charge in [0.1, 0.15) is 5.82 Å². The molecule has 3 rings (SSSR count). The first-order chi connectivity index (χ1) is 11.9. The second kappa shape index (κ2) is 7.32. The lowest BCUT2D eigenvalue weighted by molar-refractivity contribution is 0.0538. The average Bonchev–Trinajstić information content (AvgIpc) is 3.03. The van der Waals surface area contributed by atoms with Crippen molar-refractivity contribution >= 4 is 46.4 Å². The Balaban J connectivity index is 1.67. The van der Waals surface area contributed by atoms with Gasteiger partial charge in [-0.1, -0.05) is 23.2 Å². The summed E-state index contributed by atoms with van der Waals surface area (Å²) in [7, 11) is 0. The molecular weight excluding hydrogens is 386 g/mol. The van der Waals surface area contributed by atoms with Gasteiger partial charge in [-0.3, -0.25) is 9.59 Å². The lowest BCUT2D eigenvalue weighted by atomic mass is 10.1. The van der Waals surface area contributed by atoms with Crippen molar-refractivity contribution in [2.75, 3.05) is 26.2 Å². The van der Waals surface area contributed by atoms with Gasteiger partial charge in [-0.2, -0.15) is 0 Å². The molecular formula is C17H15Cl2FN2O2S. The Morgan fingerprint density at radius 3 is 2.16 bits per heavy atom. The fourth-order valence-corrected chi connectivity index (χ4v) is 3.97. The lowest BCUT2D eigenvalue weighted by Crippen LogP contribution is -2.50. The van der Waals surface area contributed by atoms with Crippen LogP contribution in [0.4, 0.5) is 4.39 Å². The average molecular weight is 401 g/mol. The van der Waals surface area contributed by atoms with Crippen LogP contribution in [0.2, 0.25) is 10.0 Å². The molecule has 25 heavy (non-hydrogen) atoms. The highest BCUT2D eigenvalue weighted by Crippen LogP contribution is 2.26. The van der Waals surface area contributed by atoms with E-state index in [1.165, 1.54) is 17.4 Å². The van der Waals surface area contributed by atoms with Crippen LogP contribution in [0.25, 0.3) is 0 Å². The minimum absolute atomic E-state index is 0.0271. The summed E-state index contributed by atoms with van der Waals surface area (Å²) in [5.74, 6) is -1.07. The Morgan fingerprint density at radius 2 is 1.60 bits per heavy atom. The van der Waals surface area contributed by atoms with Crippen LogP contribution in [0, 0.1) is 12.7 Å². The van der Waals surface area contributed by atoms with Crippen molar-refractivity contribution < 1.29 is 14.0 Å². The van der Waals surface area contributed by atoms with E-state index in [2.05, 4.69) is 0 Å². The molecule has 0 atom stereocenters. The number of carbonyl (C=O) groups is 2. The van der Waals surface area contributed by atoms with Crippen molar-refractivity contribution in [1.82, 2.24) is 9.80 Å². The zero-order valence-corrected chi connectivity index (χ0v) is 15.7. The highest BCUT2D eigenvalue weighted by molar-refractivity contribution is 7.13. The predicted molar refractivity (Wildman–Crippen MR) is 97.3 cm³/mol. The maximum atomic E-state index is 13.6. The first kappa shape index (κ1) is 18.2. The smallest absolute Gasteiger partial charge is 0.264 e. The van der Waals surface area contributed by atoms with Crippen molar-refractivity contribution in [2.24, 2.45) is 0 Å². The van der Waals surface area contributed by atoms with Crippen LogP contribution in [0.3, 0.4) is 0 Å². The summed E-state index contributed by atoms with van der Waals surface area (Å²) < 4.78 is 13.6. The predicted octanol–water partition coefficient (Wildman–Crippen LogP) is 4.10. The van der Waals surface area contributed by atoms with Crippen molar-refractivity contribution in [3.8, 4) is 0 Å². The summed E-state index contributed by atoms with van der Waals surface area (Å²) in [5, 5.41) is -0.00725. The van der Waals surface area contributed by atoms with Gasteiger partial charge in [0.05, 0.1) is 20.5 Å². The Labute approximate surface area is 158 Å². The number of hydrogen-bond acceptors (Lipinski definition) is 3. The number of carbonyl (C=O) groups excluding carboxylic acids is 2. The van der Waals surface area contributed by atoms with Crippen LogP contribution in [0.1, 0.15) is 24.9 Å². The molecule has 4 nitrogen and oxygen atoms in total. The van der Waals surface area contributed by atoms with Crippen LogP contribution < -0.4 is 0 Å². The summed E-state index contributed by atoms with van der Waals surface area (Å²) in [6, 6.07) is 6.01. The fourth-order valence-electron chi connectivity index (χ4n) is 2.67. The molecule has 2 heterocycles. The molecule has 8 heteroatoms. The Kier molecular flexibility index (Phi) is 5.32. The quantitative estimate of drug-likeness (QED) is 0.711. The normalized spacial score (nSPS) is 14.7. The molecule has 2 amide bonds. The third-order valence-corrected chi connectivity index (χ3v) is 5.64. The Hall–Kier alpha value is -1.63. The molecule has 0 bridgehead atoms. The topological polar surface area (TPSA) is 40.6 Å². The number of rotatable bonds is 2. The second-order valence-corrected chi connectivity index (χ2v) is 7.84. The van der Waals surface area contributed by atoms with E-state index < -0.39 is 5.82 Å². The van der Waals surface area contributed by atoms with E-state index in [1.807, 2.05) is 19.1 Å². The molecule has 0 saturated carbocycles. The zero-order valence-electron chi connectivity index (χ0n) is 13.4. The number of hydrogen-bond donors (Lipinski definition) is 0. The first-order valence-corrected chi connectivity index (χ1v) is 9.23. The minimum atomic E-state index is -0.684.